The lowest BCUT2D eigenvalue weighted by molar-refractivity contribution is 0.232. The number of benzene rings is 1. The molecule has 0 atom stereocenters. The van der Waals surface area contributed by atoms with Crippen molar-refractivity contribution in [3.05, 3.63) is 35.9 Å². The van der Waals surface area contributed by atoms with Crippen molar-refractivity contribution in [1.29, 1.82) is 0 Å². The van der Waals surface area contributed by atoms with Crippen LogP contribution in [0, 0.1) is 12.7 Å². The second-order valence-electron chi connectivity index (χ2n) is 4.58. The third kappa shape index (κ3) is 3.14. The van der Waals surface area contributed by atoms with Gasteiger partial charge in [0.1, 0.15) is 17.9 Å². The lowest BCUT2D eigenvalue weighted by atomic mass is 10.2. The first kappa shape index (κ1) is 14.0. The summed E-state index contributed by atoms with van der Waals surface area (Å²) < 4.78 is 24.2. The van der Waals surface area contributed by atoms with Crippen molar-refractivity contribution in [2.24, 2.45) is 0 Å². The summed E-state index contributed by atoms with van der Waals surface area (Å²) in [4.78, 5) is 7.90. The number of aryl methyl sites for hydroxylation is 1. The molecule has 2 aromatic rings. The number of ether oxygens (including phenoxy) is 2. The summed E-state index contributed by atoms with van der Waals surface area (Å²) in [6.07, 6.45) is 1.22. The van der Waals surface area contributed by atoms with E-state index >= 15 is 0 Å². The first-order valence-corrected chi connectivity index (χ1v) is 6.18. The molecular formula is C14H16FN3O2. The Labute approximate surface area is 116 Å². The molecule has 0 radical (unpaired) electrons. The van der Waals surface area contributed by atoms with Crippen LogP contribution in [0.25, 0.3) is 0 Å². The van der Waals surface area contributed by atoms with Crippen LogP contribution in [-0.2, 0) is 0 Å². The summed E-state index contributed by atoms with van der Waals surface area (Å²) in [5.74, 6) is 0.353. The maximum absolute atomic E-state index is 13.2. The van der Waals surface area contributed by atoms with Gasteiger partial charge in [0, 0.05) is 6.07 Å². The molecular weight excluding hydrogens is 261 g/mol. The van der Waals surface area contributed by atoms with E-state index in [2.05, 4.69) is 9.97 Å². The Bertz CT molecular complexity index is 617. The number of nitrogens with two attached hydrogens (primary N) is 1. The zero-order chi connectivity index (χ0) is 14.7. The van der Waals surface area contributed by atoms with Gasteiger partial charge in [-0.05, 0) is 32.4 Å². The van der Waals surface area contributed by atoms with E-state index in [4.69, 9.17) is 15.2 Å². The van der Waals surface area contributed by atoms with E-state index in [1.54, 1.807) is 13.0 Å². The van der Waals surface area contributed by atoms with Crippen LogP contribution in [0.5, 0.6) is 17.5 Å². The predicted molar refractivity (Wildman–Crippen MR) is 73.4 cm³/mol. The van der Waals surface area contributed by atoms with Crippen LogP contribution in [0.4, 0.5) is 10.1 Å². The van der Waals surface area contributed by atoms with Gasteiger partial charge in [-0.1, -0.05) is 6.07 Å². The lowest BCUT2D eigenvalue weighted by Crippen LogP contribution is -2.10. The van der Waals surface area contributed by atoms with Crippen molar-refractivity contribution < 1.29 is 13.9 Å². The van der Waals surface area contributed by atoms with E-state index in [0.29, 0.717) is 5.75 Å². The molecule has 20 heavy (non-hydrogen) atoms. The van der Waals surface area contributed by atoms with Crippen LogP contribution >= 0.6 is 0 Å². The van der Waals surface area contributed by atoms with E-state index in [-0.39, 0.29) is 23.6 Å². The Morgan fingerprint density at radius 3 is 2.60 bits per heavy atom. The molecule has 1 aromatic heterocycles. The van der Waals surface area contributed by atoms with Crippen LogP contribution in [0.3, 0.4) is 0 Å². The summed E-state index contributed by atoms with van der Waals surface area (Å²) in [5, 5.41) is 0. The molecule has 0 spiro atoms. The van der Waals surface area contributed by atoms with E-state index in [9.17, 15) is 4.39 Å². The fourth-order valence-electron chi connectivity index (χ4n) is 1.55. The monoisotopic (exact) mass is 277 g/mol. The van der Waals surface area contributed by atoms with Gasteiger partial charge in [0.2, 0.25) is 11.8 Å². The Hall–Kier alpha value is -2.37. The number of nitrogen functional groups attached to an aromatic ring is 1. The molecule has 106 valence electrons. The molecule has 0 saturated heterocycles. The third-order valence-electron chi connectivity index (χ3n) is 2.51. The summed E-state index contributed by atoms with van der Waals surface area (Å²) in [5.41, 5.74) is 6.86. The van der Waals surface area contributed by atoms with Crippen LogP contribution < -0.4 is 15.2 Å². The van der Waals surface area contributed by atoms with Crippen LogP contribution in [0.2, 0.25) is 0 Å². The first-order chi connectivity index (χ1) is 9.47. The van der Waals surface area contributed by atoms with Crippen molar-refractivity contribution in [3.8, 4) is 17.5 Å². The van der Waals surface area contributed by atoms with Crippen LogP contribution in [-0.4, -0.2) is 16.1 Å². The number of hydrogen-bond acceptors (Lipinski definition) is 5. The molecule has 0 bridgehead atoms. The van der Waals surface area contributed by atoms with Crippen molar-refractivity contribution in [2.45, 2.75) is 26.9 Å². The van der Waals surface area contributed by atoms with Crippen molar-refractivity contribution in [1.82, 2.24) is 9.97 Å². The topological polar surface area (TPSA) is 70.3 Å². The minimum atomic E-state index is -0.392. The van der Waals surface area contributed by atoms with Gasteiger partial charge < -0.3 is 15.2 Å². The first-order valence-electron chi connectivity index (χ1n) is 6.18. The number of halogens is 1. The minimum Gasteiger partial charge on any atom is -0.473 e. The standard InChI is InChI=1S/C14H16FN3O2/c1-8(2)19-13-12(16)14(18-7-17-13)20-11-6-10(15)5-4-9(11)3/h4-8H,16H2,1-3H3. The molecule has 0 aliphatic rings. The third-order valence-corrected chi connectivity index (χ3v) is 2.51. The molecule has 5 nitrogen and oxygen atoms in total. The highest BCUT2D eigenvalue weighted by Gasteiger charge is 2.14. The predicted octanol–water partition coefficient (Wildman–Crippen LogP) is 3.09. The normalized spacial score (nSPS) is 10.7. The fourth-order valence-corrected chi connectivity index (χ4v) is 1.55. The van der Waals surface area contributed by atoms with Gasteiger partial charge in [-0.3, -0.25) is 0 Å². The van der Waals surface area contributed by atoms with Crippen molar-refractivity contribution in [2.75, 3.05) is 5.73 Å². The van der Waals surface area contributed by atoms with E-state index in [1.807, 2.05) is 13.8 Å². The summed E-state index contributed by atoms with van der Waals surface area (Å²) >= 11 is 0. The molecule has 0 saturated carbocycles. The highest BCUT2D eigenvalue weighted by atomic mass is 19.1. The molecule has 0 fully saturated rings. The minimum absolute atomic E-state index is 0.0732. The van der Waals surface area contributed by atoms with E-state index in [0.717, 1.165) is 5.56 Å². The molecule has 0 aliphatic heterocycles. The Kier molecular flexibility index (Phi) is 4.02. The van der Waals surface area contributed by atoms with E-state index < -0.39 is 5.82 Å². The van der Waals surface area contributed by atoms with Crippen molar-refractivity contribution >= 4 is 5.69 Å². The fraction of sp³-hybridized carbons (Fsp3) is 0.286. The SMILES string of the molecule is Cc1ccc(F)cc1Oc1ncnc(OC(C)C)c1N. The molecule has 2 rings (SSSR count). The molecule has 1 aromatic carbocycles. The van der Waals surface area contributed by atoms with Gasteiger partial charge in [0.15, 0.2) is 5.69 Å². The smallest absolute Gasteiger partial charge is 0.249 e. The number of aromatic nitrogens is 2. The molecule has 2 N–H and O–H groups in total. The molecule has 0 unspecified atom stereocenters. The van der Waals surface area contributed by atoms with Crippen LogP contribution in [0.1, 0.15) is 19.4 Å². The number of hydrogen-bond donors (Lipinski definition) is 1. The zero-order valence-electron chi connectivity index (χ0n) is 11.6. The van der Waals surface area contributed by atoms with Gasteiger partial charge >= 0.3 is 0 Å². The summed E-state index contributed by atoms with van der Waals surface area (Å²) in [7, 11) is 0. The van der Waals surface area contributed by atoms with Gasteiger partial charge in [-0.25, -0.2) is 4.39 Å². The second kappa shape index (κ2) is 5.73. The number of anilines is 1. The largest absolute Gasteiger partial charge is 0.473 e. The van der Waals surface area contributed by atoms with E-state index in [1.165, 1.54) is 18.5 Å². The molecule has 6 heteroatoms. The van der Waals surface area contributed by atoms with Crippen LogP contribution in [0.15, 0.2) is 24.5 Å². The Morgan fingerprint density at radius 1 is 1.20 bits per heavy atom. The maximum Gasteiger partial charge on any atom is 0.249 e. The van der Waals surface area contributed by atoms with Gasteiger partial charge in [0.05, 0.1) is 6.10 Å². The average Bonchev–Trinajstić information content (AvgIpc) is 2.38. The Balaban J connectivity index is 2.32. The molecule has 0 aliphatic carbocycles. The number of nitrogens with zero attached hydrogens (tertiary/aromatic N) is 2. The van der Waals surface area contributed by atoms with Gasteiger partial charge in [-0.15, -0.1) is 0 Å². The zero-order valence-corrected chi connectivity index (χ0v) is 11.6. The second-order valence-corrected chi connectivity index (χ2v) is 4.58. The van der Waals surface area contributed by atoms with Gasteiger partial charge in [0.25, 0.3) is 0 Å². The number of rotatable bonds is 4. The summed E-state index contributed by atoms with van der Waals surface area (Å²) in [6, 6.07) is 4.26. The molecule has 0 amide bonds. The summed E-state index contributed by atoms with van der Waals surface area (Å²) in [6.45, 7) is 5.52. The lowest BCUT2D eigenvalue weighted by Gasteiger charge is -2.13. The maximum atomic E-state index is 13.2. The Morgan fingerprint density at radius 2 is 1.90 bits per heavy atom. The molecule has 1 heterocycles. The quantitative estimate of drug-likeness (QED) is 0.929. The van der Waals surface area contributed by atoms with Gasteiger partial charge in [-0.2, -0.15) is 9.97 Å². The average molecular weight is 277 g/mol. The highest BCUT2D eigenvalue weighted by molar-refractivity contribution is 5.57. The highest BCUT2D eigenvalue weighted by Crippen LogP contribution is 2.32. The van der Waals surface area contributed by atoms with Crippen molar-refractivity contribution in [3.63, 3.8) is 0 Å².